The zero-order valence-electron chi connectivity index (χ0n) is 24.0. The third kappa shape index (κ3) is 3.90. The molecule has 0 amide bonds. The molecule has 5 aromatic rings. The largest absolute Gasteiger partial charge is 0.285 e. The molecule has 4 aliphatic carbocycles. The van der Waals surface area contributed by atoms with Crippen LogP contribution >= 0.6 is 34.0 Å². The number of Topliss-reactive ketones (excluding diaryl/α,β-unsaturated/α-hetero) is 4. The fraction of sp³-hybridized carbons (Fsp3) is 0.167. The first kappa shape index (κ1) is 28.9. The van der Waals surface area contributed by atoms with Gasteiger partial charge in [-0.05, 0) is 60.4 Å². The van der Waals surface area contributed by atoms with Crippen LogP contribution in [0, 0.1) is 23.3 Å². The normalized spacial score (nSPS) is 20.0. The van der Waals surface area contributed by atoms with E-state index in [1.807, 2.05) is 12.1 Å². The molecule has 4 aliphatic rings. The lowest BCUT2D eigenvalue weighted by Crippen LogP contribution is -2.28. The maximum atomic E-state index is 14.6. The van der Waals surface area contributed by atoms with Crippen LogP contribution in [0.5, 0.6) is 0 Å². The summed E-state index contributed by atoms with van der Waals surface area (Å²) in [4.78, 5) is 52.7. The van der Waals surface area contributed by atoms with Gasteiger partial charge in [0.1, 0.15) is 23.3 Å². The van der Waals surface area contributed by atoms with Crippen molar-refractivity contribution in [2.45, 2.75) is 37.5 Å². The van der Waals surface area contributed by atoms with E-state index < -0.39 is 57.4 Å². The maximum absolute atomic E-state index is 14.6. The van der Waals surface area contributed by atoms with Crippen molar-refractivity contribution in [1.29, 1.82) is 0 Å². The zero-order chi connectivity index (χ0) is 32.5. The number of allylic oxidation sites excluding steroid dienone is 4. The second-order valence-corrected chi connectivity index (χ2v) is 15.4. The third-order valence-electron chi connectivity index (χ3n) is 9.68. The molecule has 232 valence electrons. The van der Waals surface area contributed by atoms with Crippen LogP contribution in [0.1, 0.15) is 79.3 Å². The number of hydrogen-bond acceptors (Lipinski definition) is 7. The lowest BCUT2D eigenvalue weighted by Gasteiger charge is -2.36. The van der Waals surface area contributed by atoms with E-state index in [0.717, 1.165) is 79.1 Å². The highest BCUT2D eigenvalue weighted by Crippen LogP contribution is 2.60. The van der Waals surface area contributed by atoms with Crippen molar-refractivity contribution in [2.75, 3.05) is 0 Å². The predicted molar refractivity (Wildman–Crippen MR) is 175 cm³/mol. The molecule has 3 heterocycles. The Kier molecular flexibility index (Phi) is 6.05. The predicted octanol–water partition coefficient (Wildman–Crippen LogP) is 9.49. The highest BCUT2D eigenvalue weighted by Gasteiger charge is 2.46. The van der Waals surface area contributed by atoms with Gasteiger partial charge >= 0.3 is 0 Å². The number of fused-ring (bicyclic) bond motifs is 8. The Balaban J connectivity index is 1.17. The molecule has 9 rings (SSSR count). The first-order chi connectivity index (χ1) is 22.6. The van der Waals surface area contributed by atoms with Gasteiger partial charge in [-0.1, -0.05) is 19.3 Å². The smallest absolute Gasteiger partial charge is 0.237 e. The van der Waals surface area contributed by atoms with Crippen molar-refractivity contribution in [2.24, 2.45) is 0 Å². The number of carbonyl (C=O) groups is 4. The lowest BCUT2D eigenvalue weighted by atomic mass is 9.67. The molecule has 0 unspecified atom stereocenters. The molecule has 0 N–H and O–H groups in total. The van der Waals surface area contributed by atoms with Gasteiger partial charge in [-0.15, -0.1) is 34.0 Å². The zero-order valence-corrected chi connectivity index (χ0v) is 26.5. The number of carbonyl (C=O) groups excluding carboxylic acids is 4. The molecule has 2 aromatic carbocycles. The van der Waals surface area contributed by atoms with Gasteiger partial charge in [-0.3, -0.25) is 19.2 Å². The van der Waals surface area contributed by atoms with Crippen LogP contribution in [-0.4, -0.2) is 23.1 Å². The van der Waals surface area contributed by atoms with Crippen molar-refractivity contribution in [1.82, 2.24) is 0 Å². The average molecular weight is 687 g/mol. The average Bonchev–Trinajstić information content (AvgIpc) is 3.82. The highest BCUT2D eigenvalue weighted by molar-refractivity contribution is 7.39. The third-order valence-corrected chi connectivity index (χ3v) is 13.5. The number of benzene rings is 2. The molecule has 3 aromatic heterocycles. The van der Waals surface area contributed by atoms with Gasteiger partial charge in [0, 0.05) is 54.3 Å². The van der Waals surface area contributed by atoms with E-state index in [2.05, 4.69) is 0 Å². The SMILES string of the molecule is O=C1C(=O)c2c(F)cc(F)cc2/C1=C/C1=Cc2sc3c(sc4cc(/C=C5\C(=O)C(=O)c6c(F)cc(F)cc65)sc43)c2C12CCCCC2. The van der Waals surface area contributed by atoms with Gasteiger partial charge in [0.2, 0.25) is 23.1 Å². The molecule has 0 saturated heterocycles. The molecule has 0 bridgehead atoms. The van der Waals surface area contributed by atoms with E-state index in [9.17, 15) is 36.7 Å². The van der Waals surface area contributed by atoms with E-state index in [0.29, 0.717) is 17.0 Å². The van der Waals surface area contributed by atoms with Crippen LogP contribution in [0.2, 0.25) is 0 Å². The Morgan fingerprint density at radius 3 is 1.83 bits per heavy atom. The van der Waals surface area contributed by atoms with Crippen LogP contribution < -0.4 is 0 Å². The Morgan fingerprint density at radius 2 is 1.21 bits per heavy atom. The summed E-state index contributed by atoms with van der Waals surface area (Å²) >= 11 is 4.62. The topological polar surface area (TPSA) is 68.3 Å². The van der Waals surface area contributed by atoms with Gasteiger partial charge in [0.05, 0.1) is 25.2 Å². The van der Waals surface area contributed by atoms with Crippen molar-refractivity contribution in [3.05, 3.63) is 103 Å². The molecule has 1 saturated carbocycles. The molecule has 1 fully saturated rings. The molecular formula is C36H18F4O4S3. The summed E-state index contributed by atoms with van der Waals surface area (Å²) in [6.07, 6.45) is 9.82. The summed E-state index contributed by atoms with van der Waals surface area (Å²) in [5.74, 6) is -7.50. The molecule has 1 spiro atoms. The quantitative estimate of drug-likeness (QED) is 0.105. The van der Waals surface area contributed by atoms with Gasteiger partial charge in [0.25, 0.3) is 0 Å². The van der Waals surface area contributed by atoms with Crippen molar-refractivity contribution in [3.63, 3.8) is 0 Å². The Morgan fingerprint density at radius 1 is 0.617 bits per heavy atom. The summed E-state index contributed by atoms with van der Waals surface area (Å²) in [6, 6.07) is 5.18. The first-order valence-electron chi connectivity index (χ1n) is 14.9. The van der Waals surface area contributed by atoms with Crippen LogP contribution in [0.15, 0.2) is 42.0 Å². The number of ketones is 4. The summed E-state index contributed by atoms with van der Waals surface area (Å²) in [7, 11) is 0. The fourth-order valence-corrected chi connectivity index (χ4v) is 12.0. The molecule has 0 atom stereocenters. The van der Waals surface area contributed by atoms with E-state index >= 15 is 0 Å². The second-order valence-electron chi connectivity index (χ2n) is 12.2. The highest BCUT2D eigenvalue weighted by atomic mass is 32.1. The van der Waals surface area contributed by atoms with E-state index in [1.165, 1.54) is 17.4 Å². The Labute approximate surface area is 275 Å². The monoisotopic (exact) mass is 686 g/mol. The minimum atomic E-state index is -1.06. The van der Waals surface area contributed by atoms with Crippen LogP contribution in [0.25, 0.3) is 42.1 Å². The summed E-state index contributed by atoms with van der Waals surface area (Å²) in [5.41, 5.74) is 0.717. The number of halogens is 4. The van der Waals surface area contributed by atoms with E-state index in [-0.39, 0.29) is 27.8 Å². The van der Waals surface area contributed by atoms with Gasteiger partial charge in [-0.25, -0.2) is 17.6 Å². The standard InChI is InChI=1S/C36H18F4O4S3/c37-15-8-18-20(29(41)31(43)26(18)22(39)10-15)6-14-7-24-28(36(14)4-2-1-3-5-36)34-35(46-24)33-25(47-34)13-17(45-33)12-21-19-9-16(38)11-23(40)27(19)32(44)30(21)42/h6-13H,1-5H2/b20-6-,21-12-. The minimum Gasteiger partial charge on any atom is -0.285 e. The number of thiophene rings is 3. The summed E-state index contributed by atoms with van der Waals surface area (Å²) < 4.78 is 61.3. The van der Waals surface area contributed by atoms with Crippen molar-refractivity contribution >= 4 is 99.2 Å². The van der Waals surface area contributed by atoms with Gasteiger partial charge in [-0.2, -0.15) is 0 Å². The van der Waals surface area contributed by atoms with E-state index in [1.54, 1.807) is 28.7 Å². The lowest BCUT2D eigenvalue weighted by molar-refractivity contribution is -0.110. The molecule has 0 aliphatic heterocycles. The van der Waals surface area contributed by atoms with Crippen LogP contribution in [-0.2, 0) is 15.0 Å². The van der Waals surface area contributed by atoms with Crippen molar-refractivity contribution < 1.29 is 36.7 Å². The number of rotatable bonds is 2. The van der Waals surface area contributed by atoms with Crippen LogP contribution in [0.4, 0.5) is 17.6 Å². The molecular weight excluding hydrogens is 669 g/mol. The second kappa shape index (κ2) is 9.85. The molecule has 11 heteroatoms. The Bertz CT molecular complexity index is 2460. The van der Waals surface area contributed by atoms with Crippen molar-refractivity contribution in [3.8, 4) is 0 Å². The fourth-order valence-electron chi connectivity index (χ4n) is 7.67. The van der Waals surface area contributed by atoms with Gasteiger partial charge < -0.3 is 0 Å². The summed E-state index contributed by atoms with van der Waals surface area (Å²) in [5, 5.41) is 0. The summed E-state index contributed by atoms with van der Waals surface area (Å²) in [6.45, 7) is 0. The van der Waals surface area contributed by atoms with E-state index in [4.69, 9.17) is 0 Å². The molecule has 0 radical (unpaired) electrons. The van der Waals surface area contributed by atoms with Gasteiger partial charge in [0.15, 0.2) is 0 Å². The molecule has 4 nitrogen and oxygen atoms in total. The van der Waals surface area contributed by atoms with Crippen LogP contribution in [0.3, 0.4) is 0 Å². The first-order valence-corrected chi connectivity index (χ1v) is 17.3. The molecule has 47 heavy (non-hydrogen) atoms. The number of hydrogen-bond donors (Lipinski definition) is 0. The Hall–Kier alpha value is -4.32. The minimum absolute atomic E-state index is 0.0112. The maximum Gasteiger partial charge on any atom is 0.237 e.